The molecule has 22 heavy (non-hydrogen) atoms. The van der Waals surface area contributed by atoms with Crippen LogP contribution in [0.15, 0.2) is 33.8 Å². The summed E-state index contributed by atoms with van der Waals surface area (Å²) in [6.07, 6.45) is -5.76. The molecule has 1 aromatic rings. The quantitative estimate of drug-likeness (QED) is 0.855. The first kappa shape index (κ1) is 17.0. The Morgan fingerprint density at radius 3 is 2.50 bits per heavy atom. The van der Waals surface area contributed by atoms with Crippen LogP contribution < -0.4 is 0 Å². The lowest BCUT2D eigenvalue weighted by atomic mass is 9.99. The van der Waals surface area contributed by atoms with Gasteiger partial charge in [-0.3, -0.25) is 4.79 Å². The number of hydrogen-bond acceptors (Lipinski definition) is 3. The van der Waals surface area contributed by atoms with Crippen molar-refractivity contribution < 1.29 is 23.1 Å². The van der Waals surface area contributed by atoms with Crippen LogP contribution in [0.5, 0.6) is 0 Å². The first-order valence-corrected chi connectivity index (χ1v) is 7.33. The van der Waals surface area contributed by atoms with Crippen molar-refractivity contribution in [3.05, 3.63) is 34.3 Å². The van der Waals surface area contributed by atoms with Crippen LogP contribution in [0, 0.1) is 5.92 Å². The van der Waals surface area contributed by atoms with E-state index in [0.717, 1.165) is 0 Å². The second-order valence-electron chi connectivity index (χ2n) is 5.33. The minimum atomic E-state index is -5.01. The van der Waals surface area contributed by atoms with Gasteiger partial charge in [-0.15, -0.1) is 0 Å². The highest BCUT2D eigenvalue weighted by Gasteiger charge is 2.63. The molecule has 0 fully saturated rings. The molecule has 0 radical (unpaired) electrons. The number of aliphatic hydroxyl groups is 1. The minimum absolute atomic E-state index is 0.000990. The lowest BCUT2D eigenvalue weighted by Gasteiger charge is -2.32. The molecule has 4 nitrogen and oxygen atoms in total. The number of alkyl halides is 3. The Morgan fingerprint density at radius 1 is 1.41 bits per heavy atom. The topological polar surface area (TPSA) is 52.9 Å². The number of hydrogen-bond donors (Lipinski definition) is 1. The van der Waals surface area contributed by atoms with Gasteiger partial charge in [-0.25, -0.2) is 0 Å². The summed E-state index contributed by atoms with van der Waals surface area (Å²) in [6, 6.07) is 6.05. The summed E-state index contributed by atoms with van der Waals surface area (Å²) >= 11 is 3.12. The van der Waals surface area contributed by atoms with Gasteiger partial charge in [0.25, 0.3) is 11.6 Å². The van der Waals surface area contributed by atoms with Gasteiger partial charge in [0.15, 0.2) is 0 Å². The molecule has 1 atom stereocenters. The number of hydrazone groups is 1. The number of carbonyl (C=O) groups excluding carboxylic acids is 1. The van der Waals surface area contributed by atoms with E-state index in [1.165, 1.54) is 18.2 Å². The van der Waals surface area contributed by atoms with Crippen LogP contribution in [0.1, 0.15) is 30.6 Å². The smallest absolute Gasteiger partial charge is 0.362 e. The second kappa shape index (κ2) is 5.66. The zero-order valence-corrected chi connectivity index (χ0v) is 13.4. The molecule has 1 heterocycles. The summed E-state index contributed by atoms with van der Waals surface area (Å²) in [7, 11) is 0. The Morgan fingerprint density at radius 2 is 2.00 bits per heavy atom. The van der Waals surface area contributed by atoms with Crippen molar-refractivity contribution in [2.45, 2.75) is 32.2 Å². The van der Waals surface area contributed by atoms with Crippen LogP contribution in [0.4, 0.5) is 13.2 Å². The summed E-state index contributed by atoms with van der Waals surface area (Å²) in [5.74, 6) is -1.33. The molecule has 1 aliphatic heterocycles. The maximum absolute atomic E-state index is 13.3. The molecule has 0 aromatic heterocycles. The average molecular weight is 379 g/mol. The predicted octanol–water partition coefficient (Wildman–Crippen LogP) is 3.56. The number of carbonyl (C=O) groups is 1. The first-order chi connectivity index (χ1) is 10.1. The van der Waals surface area contributed by atoms with Crippen molar-refractivity contribution >= 4 is 27.5 Å². The molecule has 1 amide bonds. The zero-order valence-electron chi connectivity index (χ0n) is 11.9. The van der Waals surface area contributed by atoms with Gasteiger partial charge >= 0.3 is 6.18 Å². The Bertz CT molecular complexity index is 631. The fourth-order valence-corrected chi connectivity index (χ4v) is 2.53. The Kier molecular flexibility index (Phi) is 4.36. The molecule has 0 spiro atoms. The number of benzene rings is 1. The maximum Gasteiger partial charge on any atom is 0.438 e. The van der Waals surface area contributed by atoms with Gasteiger partial charge in [0, 0.05) is 16.6 Å². The van der Waals surface area contributed by atoms with Crippen molar-refractivity contribution in [1.29, 1.82) is 0 Å². The van der Waals surface area contributed by atoms with E-state index in [1.54, 1.807) is 19.9 Å². The standard InChI is InChI=1S/C14H14BrF3N2O2/c1-8(2)11-7-13(22,14(16,17)18)20(19-11)12(21)9-5-3-4-6-10(9)15/h3-6,8,22H,7H2,1-2H3/t13-/m0/s1. The summed E-state index contributed by atoms with van der Waals surface area (Å²) in [4.78, 5) is 12.4. The highest BCUT2D eigenvalue weighted by Crippen LogP contribution is 2.42. The van der Waals surface area contributed by atoms with Crippen LogP contribution in [0.2, 0.25) is 0 Å². The van der Waals surface area contributed by atoms with Crippen LogP contribution in [0.3, 0.4) is 0 Å². The highest BCUT2D eigenvalue weighted by molar-refractivity contribution is 9.10. The zero-order chi connectivity index (χ0) is 16.7. The van der Waals surface area contributed by atoms with Gasteiger partial charge in [-0.05, 0) is 34.0 Å². The van der Waals surface area contributed by atoms with Gasteiger partial charge in [-0.2, -0.15) is 23.3 Å². The van der Waals surface area contributed by atoms with E-state index in [4.69, 9.17) is 0 Å². The van der Waals surface area contributed by atoms with Crippen LogP contribution in [-0.2, 0) is 0 Å². The lowest BCUT2D eigenvalue weighted by molar-refractivity contribution is -0.297. The van der Waals surface area contributed by atoms with E-state index >= 15 is 0 Å². The number of nitrogens with zero attached hydrogens (tertiary/aromatic N) is 2. The molecule has 1 aliphatic rings. The normalized spacial score (nSPS) is 22.2. The van der Waals surface area contributed by atoms with Gasteiger partial charge in [0.05, 0.1) is 5.56 Å². The Hall–Kier alpha value is -1.41. The van der Waals surface area contributed by atoms with Crippen molar-refractivity contribution in [2.24, 2.45) is 11.0 Å². The van der Waals surface area contributed by atoms with Crippen molar-refractivity contribution in [1.82, 2.24) is 5.01 Å². The molecule has 0 unspecified atom stereocenters. The van der Waals surface area contributed by atoms with Gasteiger partial charge in [0.2, 0.25) is 0 Å². The molecule has 2 rings (SSSR count). The average Bonchev–Trinajstić information content (AvgIpc) is 2.78. The maximum atomic E-state index is 13.3. The molecule has 0 bridgehead atoms. The summed E-state index contributed by atoms with van der Waals surface area (Å²) in [5.41, 5.74) is -3.20. The summed E-state index contributed by atoms with van der Waals surface area (Å²) < 4.78 is 40.2. The van der Waals surface area contributed by atoms with E-state index in [2.05, 4.69) is 21.0 Å². The highest BCUT2D eigenvalue weighted by atomic mass is 79.9. The largest absolute Gasteiger partial charge is 0.438 e. The Balaban J connectivity index is 2.49. The van der Waals surface area contributed by atoms with E-state index < -0.39 is 24.2 Å². The van der Waals surface area contributed by atoms with E-state index in [-0.39, 0.29) is 22.2 Å². The molecule has 0 saturated heterocycles. The third kappa shape index (κ3) is 2.77. The third-order valence-corrected chi connectivity index (χ3v) is 4.12. The van der Waals surface area contributed by atoms with Crippen LogP contribution >= 0.6 is 15.9 Å². The fraction of sp³-hybridized carbons (Fsp3) is 0.429. The van der Waals surface area contributed by atoms with Crippen molar-refractivity contribution in [3.8, 4) is 0 Å². The predicted molar refractivity (Wildman–Crippen MR) is 78.2 cm³/mol. The summed E-state index contributed by atoms with van der Waals surface area (Å²) in [5, 5.41) is 14.0. The van der Waals surface area contributed by atoms with Gasteiger partial charge in [0.1, 0.15) is 0 Å². The van der Waals surface area contributed by atoms with Gasteiger partial charge in [-0.1, -0.05) is 26.0 Å². The van der Waals surface area contributed by atoms with E-state index in [9.17, 15) is 23.1 Å². The molecule has 1 aromatic carbocycles. The van der Waals surface area contributed by atoms with Crippen molar-refractivity contribution in [3.63, 3.8) is 0 Å². The minimum Gasteiger partial charge on any atom is -0.362 e. The van der Waals surface area contributed by atoms with Crippen LogP contribution in [0.25, 0.3) is 0 Å². The lowest BCUT2D eigenvalue weighted by Crippen LogP contribution is -2.56. The molecule has 0 aliphatic carbocycles. The molecular formula is C14H14BrF3N2O2. The molecule has 120 valence electrons. The monoisotopic (exact) mass is 378 g/mol. The number of halogens is 4. The fourth-order valence-electron chi connectivity index (χ4n) is 2.08. The summed E-state index contributed by atoms with van der Waals surface area (Å²) in [6.45, 7) is 3.31. The van der Waals surface area contributed by atoms with E-state index in [1.807, 2.05) is 0 Å². The molecule has 1 N–H and O–H groups in total. The third-order valence-electron chi connectivity index (χ3n) is 3.42. The van der Waals surface area contributed by atoms with E-state index in [0.29, 0.717) is 4.47 Å². The number of amides is 1. The molecule has 0 saturated carbocycles. The first-order valence-electron chi connectivity index (χ1n) is 6.53. The SMILES string of the molecule is CC(C)C1=NN(C(=O)c2ccccc2Br)[C@@](O)(C(F)(F)F)C1. The van der Waals surface area contributed by atoms with Crippen molar-refractivity contribution in [2.75, 3.05) is 0 Å². The molecular weight excluding hydrogens is 365 g/mol. The Labute approximate surface area is 133 Å². The second-order valence-corrected chi connectivity index (χ2v) is 6.19. The van der Waals surface area contributed by atoms with Crippen LogP contribution in [-0.4, -0.2) is 33.6 Å². The number of rotatable bonds is 2. The molecule has 8 heteroatoms. The van der Waals surface area contributed by atoms with Gasteiger partial charge < -0.3 is 5.11 Å².